The Morgan fingerprint density at radius 3 is 2.62 bits per heavy atom. The molecule has 1 fully saturated rings. The van der Waals surface area contributed by atoms with Crippen LogP contribution in [0.15, 0.2) is 18.2 Å². The van der Waals surface area contributed by atoms with Crippen molar-refractivity contribution < 1.29 is 9.53 Å². The van der Waals surface area contributed by atoms with Crippen LogP contribution in [-0.4, -0.2) is 18.6 Å². The Hall–Kier alpha value is -0.770. The third kappa shape index (κ3) is 2.48. The predicted octanol–water partition coefficient (Wildman–Crippen LogP) is 2.65. The number of ether oxygens (including phenoxy) is 1. The second-order valence-electron chi connectivity index (χ2n) is 3.62. The number of nitrogens with one attached hydrogen (secondary N) is 1. The van der Waals surface area contributed by atoms with Crippen LogP contribution >= 0.6 is 23.2 Å². The number of benzene rings is 1. The summed E-state index contributed by atoms with van der Waals surface area (Å²) in [6, 6.07) is 4.74. The van der Waals surface area contributed by atoms with E-state index in [2.05, 4.69) is 5.32 Å². The van der Waals surface area contributed by atoms with Gasteiger partial charge in [0.15, 0.2) is 5.75 Å². The van der Waals surface area contributed by atoms with Crippen molar-refractivity contribution in [2.45, 2.75) is 18.9 Å². The van der Waals surface area contributed by atoms with Crippen LogP contribution in [-0.2, 0) is 4.79 Å². The molecule has 0 spiro atoms. The zero-order valence-electron chi connectivity index (χ0n) is 8.50. The van der Waals surface area contributed by atoms with E-state index in [1.165, 1.54) is 0 Å². The van der Waals surface area contributed by atoms with Crippen LogP contribution in [0.3, 0.4) is 0 Å². The van der Waals surface area contributed by atoms with Gasteiger partial charge >= 0.3 is 5.97 Å². The topological polar surface area (TPSA) is 38.3 Å². The molecule has 2 rings (SSSR count). The second-order valence-corrected chi connectivity index (χ2v) is 4.44. The fourth-order valence-corrected chi connectivity index (χ4v) is 2.11. The normalized spacial score (nSPS) is 19.8. The van der Waals surface area contributed by atoms with E-state index >= 15 is 0 Å². The van der Waals surface area contributed by atoms with E-state index in [4.69, 9.17) is 27.9 Å². The molecule has 1 atom stereocenters. The van der Waals surface area contributed by atoms with Crippen LogP contribution in [0.2, 0.25) is 10.0 Å². The van der Waals surface area contributed by atoms with Crippen molar-refractivity contribution in [2.75, 3.05) is 6.54 Å². The van der Waals surface area contributed by atoms with Crippen LogP contribution in [0, 0.1) is 0 Å². The summed E-state index contributed by atoms with van der Waals surface area (Å²) in [5.41, 5.74) is 0. The van der Waals surface area contributed by atoms with Crippen LogP contribution in [0.25, 0.3) is 0 Å². The number of carbonyl (C=O) groups excluding carboxylic acids is 1. The minimum Gasteiger partial charge on any atom is -0.422 e. The molecule has 1 aliphatic heterocycles. The van der Waals surface area contributed by atoms with E-state index in [1.807, 2.05) is 0 Å². The number of rotatable bonds is 2. The molecule has 3 nitrogen and oxygen atoms in total. The van der Waals surface area contributed by atoms with E-state index in [0.717, 1.165) is 19.4 Å². The van der Waals surface area contributed by atoms with Crippen molar-refractivity contribution in [1.29, 1.82) is 0 Å². The molecular weight excluding hydrogens is 249 g/mol. The van der Waals surface area contributed by atoms with E-state index in [1.54, 1.807) is 18.2 Å². The third-order valence-electron chi connectivity index (χ3n) is 2.47. The highest BCUT2D eigenvalue weighted by molar-refractivity contribution is 6.37. The van der Waals surface area contributed by atoms with Crippen LogP contribution in [0.5, 0.6) is 5.75 Å². The lowest BCUT2D eigenvalue weighted by molar-refractivity contribution is -0.136. The molecule has 16 heavy (non-hydrogen) atoms. The van der Waals surface area contributed by atoms with Crippen LogP contribution in [0.4, 0.5) is 0 Å². The van der Waals surface area contributed by atoms with Gasteiger partial charge in [0.05, 0.1) is 10.0 Å². The Kier molecular flexibility index (Phi) is 3.69. The Morgan fingerprint density at radius 1 is 1.38 bits per heavy atom. The van der Waals surface area contributed by atoms with Crippen molar-refractivity contribution in [3.8, 4) is 5.75 Å². The Labute approximate surface area is 104 Å². The molecule has 5 heteroatoms. The number of hydrogen-bond donors (Lipinski definition) is 1. The number of esters is 1. The van der Waals surface area contributed by atoms with Crippen LogP contribution in [0.1, 0.15) is 12.8 Å². The summed E-state index contributed by atoms with van der Waals surface area (Å²) in [7, 11) is 0. The lowest BCUT2D eigenvalue weighted by Gasteiger charge is -2.11. The van der Waals surface area contributed by atoms with Crippen molar-refractivity contribution in [3.05, 3.63) is 28.2 Å². The van der Waals surface area contributed by atoms with E-state index in [0.29, 0.717) is 10.0 Å². The first kappa shape index (κ1) is 11.7. The maximum atomic E-state index is 11.7. The van der Waals surface area contributed by atoms with Gasteiger partial charge in [-0.2, -0.15) is 0 Å². The van der Waals surface area contributed by atoms with Gasteiger partial charge in [-0.05, 0) is 31.5 Å². The number of para-hydroxylation sites is 1. The molecule has 1 saturated heterocycles. The molecule has 1 aromatic rings. The van der Waals surface area contributed by atoms with Gasteiger partial charge in [0.25, 0.3) is 0 Å². The average molecular weight is 260 g/mol. The first-order valence-corrected chi connectivity index (χ1v) is 5.83. The summed E-state index contributed by atoms with van der Waals surface area (Å²) < 4.78 is 5.19. The van der Waals surface area contributed by atoms with Gasteiger partial charge in [-0.3, -0.25) is 0 Å². The summed E-state index contributed by atoms with van der Waals surface area (Å²) in [5, 5.41) is 3.75. The van der Waals surface area contributed by atoms with E-state index < -0.39 is 0 Å². The fourth-order valence-electron chi connectivity index (χ4n) is 1.64. The predicted molar refractivity (Wildman–Crippen MR) is 63.1 cm³/mol. The van der Waals surface area contributed by atoms with Gasteiger partial charge in [0, 0.05) is 0 Å². The van der Waals surface area contributed by atoms with E-state index in [-0.39, 0.29) is 17.8 Å². The molecule has 0 bridgehead atoms. The molecule has 1 heterocycles. The molecule has 0 aliphatic carbocycles. The fraction of sp³-hybridized carbons (Fsp3) is 0.364. The van der Waals surface area contributed by atoms with Gasteiger partial charge in [-0.15, -0.1) is 0 Å². The molecule has 86 valence electrons. The van der Waals surface area contributed by atoms with Crippen LogP contribution < -0.4 is 10.1 Å². The molecule has 1 N–H and O–H groups in total. The molecule has 1 aromatic carbocycles. The van der Waals surface area contributed by atoms with Gasteiger partial charge in [0.1, 0.15) is 6.04 Å². The lowest BCUT2D eigenvalue weighted by Crippen LogP contribution is -2.34. The van der Waals surface area contributed by atoms with Gasteiger partial charge in [0.2, 0.25) is 0 Å². The summed E-state index contributed by atoms with van der Waals surface area (Å²) in [5.74, 6) is -0.0861. The quantitative estimate of drug-likeness (QED) is 0.656. The number of hydrogen-bond acceptors (Lipinski definition) is 3. The summed E-state index contributed by atoms with van der Waals surface area (Å²) >= 11 is 11.8. The minimum atomic E-state index is -0.326. The third-order valence-corrected chi connectivity index (χ3v) is 3.06. The molecule has 1 unspecified atom stereocenters. The van der Waals surface area contributed by atoms with Gasteiger partial charge < -0.3 is 10.1 Å². The second kappa shape index (κ2) is 5.04. The largest absolute Gasteiger partial charge is 0.422 e. The zero-order chi connectivity index (χ0) is 11.5. The highest BCUT2D eigenvalue weighted by Gasteiger charge is 2.25. The first-order chi connectivity index (χ1) is 7.68. The van der Waals surface area contributed by atoms with Crippen molar-refractivity contribution >= 4 is 29.2 Å². The molecule has 1 aliphatic rings. The van der Waals surface area contributed by atoms with Crippen molar-refractivity contribution in [2.24, 2.45) is 0 Å². The number of carbonyl (C=O) groups is 1. The Balaban J connectivity index is 2.11. The SMILES string of the molecule is O=C(Oc1c(Cl)cccc1Cl)C1CCCN1. The lowest BCUT2D eigenvalue weighted by atomic mass is 10.2. The Morgan fingerprint density at radius 2 is 2.06 bits per heavy atom. The molecular formula is C11H11Cl2NO2. The average Bonchev–Trinajstić information content (AvgIpc) is 2.76. The smallest absolute Gasteiger partial charge is 0.328 e. The highest BCUT2D eigenvalue weighted by Crippen LogP contribution is 2.32. The standard InChI is InChI=1S/C11H11Cl2NO2/c12-7-3-1-4-8(13)10(7)16-11(15)9-5-2-6-14-9/h1,3-4,9,14H,2,5-6H2. The summed E-state index contributed by atoms with van der Waals surface area (Å²) in [4.78, 5) is 11.7. The maximum Gasteiger partial charge on any atom is 0.328 e. The minimum absolute atomic E-state index is 0.240. The van der Waals surface area contributed by atoms with Gasteiger partial charge in [-0.25, -0.2) is 4.79 Å². The first-order valence-electron chi connectivity index (χ1n) is 5.07. The van der Waals surface area contributed by atoms with Crippen molar-refractivity contribution in [1.82, 2.24) is 5.32 Å². The molecule has 0 saturated carbocycles. The highest BCUT2D eigenvalue weighted by atomic mass is 35.5. The van der Waals surface area contributed by atoms with Gasteiger partial charge in [-0.1, -0.05) is 29.3 Å². The summed E-state index contributed by atoms with van der Waals surface area (Å²) in [6.07, 6.45) is 1.77. The molecule has 0 aromatic heterocycles. The Bertz CT molecular complexity index is 383. The molecule has 0 amide bonds. The zero-order valence-corrected chi connectivity index (χ0v) is 10.0. The summed E-state index contributed by atoms with van der Waals surface area (Å²) in [6.45, 7) is 0.843. The number of halogens is 2. The monoisotopic (exact) mass is 259 g/mol. The van der Waals surface area contributed by atoms with E-state index in [9.17, 15) is 4.79 Å². The van der Waals surface area contributed by atoms with Crippen molar-refractivity contribution in [3.63, 3.8) is 0 Å². The maximum absolute atomic E-state index is 11.7. The molecule has 0 radical (unpaired) electrons.